The molecule has 3 saturated carbocycles. The second-order valence-electron chi connectivity index (χ2n) is 7.79. The van der Waals surface area contributed by atoms with Crippen LogP contribution in [0.2, 0.25) is 0 Å². The monoisotopic (exact) mass is 220 g/mol. The maximum absolute atomic E-state index is 2.53. The highest BCUT2D eigenvalue weighted by atomic mass is 14.8. The van der Waals surface area contributed by atoms with E-state index in [1.54, 1.807) is 6.42 Å². The van der Waals surface area contributed by atoms with Crippen molar-refractivity contribution in [3.63, 3.8) is 0 Å². The van der Waals surface area contributed by atoms with Crippen LogP contribution in [-0.2, 0) is 0 Å². The molecule has 3 aliphatic rings. The van der Waals surface area contributed by atoms with Crippen molar-refractivity contribution in [2.45, 2.75) is 60.3 Å². The molecule has 0 saturated heterocycles. The minimum Gasteiger partial charge on any atom is -0.0654 e. The molecule has 0 aromatic rings. The summed E-state index contributed by atoms with van der Waals surface area (Å²) in [4.78, 5) is 0. The molecule has 3 aliphatic carbocycles. The maximum atomic E-state index is 2.53. The Bertz CT molecular complexity index is 291. The Morgan fingerprint density at radius 1 is 1.06 bits per heavy atom. The molecule has 92 valence electrons. The number of rotatable bonds is 3. The highest BCUT2D eigenvalue weighted by molar-refractivity contribution is 5.24. The predicted octanol–water partition coefficient (Wildman–Crippen LogP) is 4.74. The Morgan fingerprint density at radius 3 is 2.12 bits per heavy atom. The lowest BCUT2D eigenvalue weighted by atomic mass is 9.80. The molecule has 3 fully saturated rings. The molecule has 0 bridgehead atoms. The normalized spacial score (nSPS) is 57.2. The number of fused-ring (bicyclic) bond motifs is 1. The maximum Gasteiger partial charge on any atom is -0.0199 e. The lowest BCUT2D eigenvalue weighted by molar-refractivity contribution is 0.243. The molecule has 0 radical (unpaired) electrons. The third-order valence-electron chi connectivity index (χ3n) is 6.60. The minimum absolute atomic E-state index is 0.655. The summed E-state index contributed by atoms with van der Waals surface area (Å²) >= 11 is 0. The standard InChI is InChI=1S/C16H28/c1-6-7-12-8-15(4,5)13-9-16(12,13)14-10(2)11(14)3/h10-14H,6-9H2,1-5H3. The van der Waals surface area contributed by atoms with Gasteiger partial charge in [0.1, 0.15) is 0 Å². The van der Waals surface area contributed by atoms with Crippen LogP contribution in [-0.4, -0.2) is 0 Å². The van der Waals surface area contributed by atoms with Crippen molar-refractivity contribution in [2.75, 3.05) is 0 Å². The SMILES string of the molecule is CCCC1CC(C)(C)C2CC12C1C(C)C1C. The quantitative estimate of drug-likeness (QED) is 0.644. The predicted molar refractivity (Wildman–Crippen MR) is 69.2 cm³/mol. The largest absolute Gasteiger partial charge is 0.0654 e. The second-order valence-corrected chi connectivity index (χ2v) is 7.79. The van der Waals surface area contributed by atoms with Crippen LogP contribution in [0.1, 0.15) is 60.3 Å². The van der Waals surface area contributed by atoms with Crippen LogP contribution in [0.25, 0.3) is 0 Å². The Hall–Kier alpha value is 0. The first-order chi connectivity index (χ1) is 7.45. The molecule has 0 nitrogen and oxygen atoms in total. The molecule has 5 atom stereocenters. The summed E-state index contributed by atoms with van der Waals surface area (Å²) in [6, 6.07) is 0. The Balaban J connectivity index is 1.85. The van der Waals surface area contributed by atoms with Gasteiger partial charge in [-0.25, -0.2) is 0 Å². The molecule has 0 heterocycles. The summed E-state index contributed by atoms with van der Waals surface area (Å²) in [7, 11) is 0. The molecule has 0 amide bonds. The molecular formula is C16H28. The molecule has 0 aromatic heterocycles. The van der Waals surface area contributed by atoms with E-state index in [0.717, 1.165) is 35.0 Å². The first kappa shape index (κ1) is 11.1. The van der Waals surface area contributed by atoms with Gasteiger partial charge in [0.25, 0.3) is 0 Å². The highest BCUT2D eigenvalue weighted by Gasteiger charge is 2.76. The van der Waals surface area contributed by atoms with Crippen LogP contribution < -0.4 is 0 Å². The van der Waals surface area contributed by atoms with Crippen LogP contribution in [0.4, 0.5) is 0 Å². The third kappa shape index (κ3) is 1.17. The van der Waals surface area contributed by atoms with Crippen LogP contribution in [0.5, 0.6) is 0 Å². The molecule has 3 rings (SSSR count). The van der Waals surface area contributed by atoms with Crippen LogP contribution in [0.3, 0.4) is 0 Å². The van der Waals surface area contributed by atoms with Crippen molar-refractivity contribution in [1.29, 1.82) is 0 Å². The van der Waals surface area contributed by atoms with Gasteiger partial charge in [-0.2, -0.15) is 0 Å². The van der Waals surface area contributed by atoms with E-state index in [0.29, 0.717) is 5.41 Å². The van der Waals surface area contributed by atoms with Gasteiger partial charge in [-0.05, 0) is 53.3 Å². The van der Waals surface area contributed by atoms with Crippen molar-refractivity contribution in [2.24, 2.45) is 40.4 Å². The number of hydrogen-bond donors (Lipinski definition) is 0. The van der Waals surface area contributed by atoms with Gasteiger partial charge in [0.15, 0.2) is 0 Å². The van der Waals surface area contributed by atoms with Crippen molar-refractivity contribution >= 4 is 0 Å². The molecule has 0 aromatic carbocycles. The lowest BCUT2D eigenvalue weighted by Crippen LogP contribution is -2.17. The summed E-state index contributed by atoms with van der Waals surface area (Å²) in [5.74, 6) is 5.29. The molecular weight excluding hydrogens is 192 g/mol. The number of hydrogen-bond acceptors (Lipinski definition) is 0. The van der Waals surface area contributed by atoms with Gasteiger partial charge in [-0.3, -0.25) is 0 Å². The van der Waals surface area contributed by atoms with Gasteiger partial charge in [-0.1, -0.05) is 47.5 Å². The Labute approximate surface area is 101 Å². The smallest absolute Gasteiger partial charge is 0.0199 e. The molecule has 0 aliphatic heterocycles. The van der Waals surface area contributed by atoms with E-state index in [4.69, 9.17) is 0 Å². The molecule has 5 unspecified atom stereocenters. The minimum atomic E-state index is 0.655. The fraction of sp³-hybridized carbons (Fsp3) is 1.00. The van der Waals surface area contributed by atoms with Crippen molar-refractivity contribution in [3.8, 4) is 0 Å². The zero-order valence-electron chi connectivity index (χ0n) is 11.7. The van der Waals surface area contributed by atoms with Crippen molar-refractivity contribution in [3.05, 3.63) is 0 Å². The van der Waals surface area contributed by atoms with E-state index < -0.39 is 0 Å². The third-order valence-corrected chi connectivity index (χ3v) is 6.60. The molecule has 0 spiro atoms. The van der Waals surface area contributed by atoms with Crippen molar-refractivity contribution in [1.82, 2.24) is 0 Å². The Morgan fingerprint density at radius 2 is 1.69 bits per heavy atom. The Kier molecular flexibility index (Phi) is 2.12. The van der Waals surface area contributed by atoms with Crippen molar-refractivity contribution < 1.29 is 0 Å². The fourth-order valence-electron chi connectivity index (χ4n) is 5.72. The second kappa shape index (κ2) is 3.06. The van der Waals surface area contributed by atoms with E-state index in [9.17, 15) is 0 Å². The van der Waals surface area contributed by atoms with Crippen LogP contribution >= 0.6 is 0 Å². The van der Waals surface area contributed by atoms with Gasteiger partial charge in [0.05, 0.1) is 0 Å². The van der Waals surface area contributed by atoms with E-state index in [1.165, 1.54) is 19.3 Å². The molecule has 0 N–H and O–H groups in total. The summed E-state index contributed by atoms with van der Waals surface area (Å²) in [6.07, 6.45) is 5.98. The summed E-state index contributed by atoms with van der Waals surface area (Å²) in [6.45, 7) is 12.4. The lowest BCUT2D eigenvalue weighted by Gasteiger charge is -2.25. The summed E-state index contributed by atoms with van der Waals surface area (Å²) < 4.78 is 0. The highest BCUT2D eigenvalue weighted by Crippen LogP contribution is 2.82. The topological polar surface area (TPSA) is 0 Å². The summed E-state index contributed by atoms with van der Waals surface area (Å²) in [5.41, 5.74) is 1.47. The summed E-state index contributed by atoms with van der Waals surface area (Å²) in [5, 5.41) is 0. The average Bonchev–Trinajstić information content (AvgIpc) is 3.02. The van der Waals surface area contributed by atoms with E-state index in [2.05, 4.69) is 34.6 Å². The molecule has 0 heteroatoms. The van der Waals surface area contributed by atoms with Crippen LogP contribution in [0, 0.1) is 40.4 Å². The van der Waals surface area contributed by atoms with Gasteiger partial charge in [-0.15, -0.1) is 0 Å². The van der Waals surface area contributed by atoms with Gasteiger partial charge in [0.2, 0.25) is 0 Å². The van der Waals surface area contributed by atoms with Gasteiger partial charge in [0, 0.05) is 0 Å². The first-order valence-electron chi connectivity index (χ1n) is 7.45. The zero-order valence-corrected chi connectivity index (χ0v) is 11.7. The fourth-order valence-corrected chi connectivity index (χ4v) is 5.72. The van der Waals surface area contributed by atoms with E-state index >= 15 is 0 Å². The first-order valence-corrected chi connectivity index (χ1v) is 7.45. The van der Waals surface area contributed by atoms with E-state index in [-0.39, 0.29) is 0 Å². The van der Waals surface area contributed by atoms with Crippen LogP contribution in [0.15, 0.2) is 0 Å². The average molecular weight is 220 g/mol. The molecule has 16 heavy (non-hydrogen) atoms. The zero-order chi connectivity index (χ0) is 11.7. The van der Waals surface area contributed by atoms with Gasteiger partial charge >= 0.3 is 0 Å². The van der Waals surface area contributed by atoms with E-state index in [1.807, 2.05) is 0 Å². The van der Waals surface area contributed by atoms with Gasteiger partial charge < -0.3 is 0 Å².